The van der Waals surface area contributed by atoms with Crippen molar-refractivity contribution in [2.75, 3.05) is 39.5 Å². The Hall–Kier alpha value is -3.75. The second-order valence-corrected chi connectivity index (χ2v) is 9.64. The Bertz CT molecular complexity index is 1380. The van der Waals surface area contributed by atoms with Gasteiger partial charge in [-0.3, -0.25) is 9.79 Å². The van der Waals surface area contributed by atoms with Crippen LogP contribution < -0.4 is 16.4 Å². The van der Waals surface area contributed by atoms with E-state index in [1.807, 2.05) is 43.4 Å². The van der Waals surface area contributed by atoms with E-state index < -0.39 is 0 Å². The highest BCUT2D eigenvalue weighted by Gasteiger charge is 2.25. The van der Waals surface area contributed by atoms with Gasteiger partial charge < -0.3 is 21.3 Å². The van der Waals surface area contributed by atoms with E-state index in [-0.39, 0.29) is 5.91 Å². The van der Waals surface area contributed by atoms with Gasteiger partial charge in [-0.2, -0.15) is 0 Å². The molecule has 0 saturated carbocycles. The van der Waals surface area contributed by atoms with Gasteiger partial charge in [0.05, 0.1) is 22.1 Å². The molecule has 1 heterocycles. The zero-order chi connectivity index (χ0) is 26.5. The molecule has 1 aromatic heterocycles. The maximum atomic E-state index is 12.4. The summed E-state index contributed by atoms with van der Waals surface area (Å²) in [5.74, 6) is 0.212. The number of allylic oxidation sites excluding steroid dienone is 2. The third kappa shape index (κ3) is 5.98. The molecule has 0 unspecified atom stereocenters. The number of nitrogens with one attached hydrogen (secondary N) is 2. The van der Waals surface area contributed by atoms with Gasteiger partial charge >= 0.3 is 0 Å². The van der Waals surface area contributed by atoms with E-state index in [2.05, 4.69) is 33.6 Å². The van der Waals surface area contributed by atoms with Crippen molar-refractivity contribution >= 4 is 40.4 Å². The third-order valence-corrected chi connectivity index (χ3v) is 6.58. The van der Waals surface area contributed by atoms with E-state index in [0.29, 0.717) is 35.2 Å². The fraction of sp³-hybridized carbons (Fsp3) is 0.286. The number of aryl methyl sites for hydroxylation is 2. The molecule has 1 aliphatic carbocycles. The molecule has 0 fully saturated rings. The second kappa shape index (κ2) is 11.5. The van der Waals surface area contributed by atoms with Crippen molar-refractivity contribution in [2.24, 2.45) is 10.7 Å². The molecular formula is C28H32ClN7O. The van der Waals surface area contributed by atoms with Crippen molar-refractivity contribution in [3.8, 4) is 0 Å². The van der Waals surface area contributed by atoms with Crippen LogP contribution in [-0.4, -0.2) is 60.7 Å². The molecule has 192 valence electrons. The Kier molecular flexibility index (Phi) is 8.21. The van der Waals surface area contributed by atoms with Gasteiger partial charge in [0.1, 0.15) is 0 Å². The van der Waals surface area contributed by atoms with Crippen molar-refractivity contribution in [1.82, 2.24) is 20.2 Å². The van der Waals surface area contributed by atoms with E-state index in [4.69, 9.17) is 22.3 Å². The fourth-order valence-corrected chi connectivity index (χ4v) is 4.48. The van der Waals surface area contributed by atoms with Crippen molar-refractivity contribution in [3.05, 3.63) is 87.3 Å². The first-order chi connectivity index (χ1) is 17.8. The summed E-state index contributed by atoms with van der Waals surface area (Å²) in [6, 6.07) is 13.2. The molecule has 0 aliphatic heterocycles. The maximum absolute atomic E-state index is 12.4. The number of benzene rings is 2. The fourth-order valence-electron chi connectivity index (χ4n) is 4.26. The number of fused-ring (bicyclic) bond motifs is 1. The molecule has 0 radical (unpaired) electrons. The Morgan fingerprint density at radius 2 is 1.97 bits per heavy atom. The van der Waals surface area contributed by atoms with Crippen LogP contribution in [0.3, 0.4) is 0 Å². The van der Waals surface area contributed by atoms with Crippen LogP contribution in [0.25, 0.3) is 5.57 Å². The summed E-state index contributed by atoms with van der Waals surface area (Å²) in [5, 5.41) is 6.48. The first-order valence-corrected chi connectivity index (χ1v) is 12.5. The summed E-state index contributed by atoms with van der Waals surface area (Å²) < 4.78 is 0. The highest BCUT2D eigenvalue weighted by molar-refractivity contribution is 6.34. The summed E-state index contributed by atoms with van der Waals surface area (Å²) in [6.45, 7) is 3.36. The summed E-state index contributed by atoms with van der Waals surface area (Å²) in [6.07, 6.45) is 3.30. The number of amides is 1. The molecule has 0 spiro atoms. The monoisotopic (exact) mass is 517 g/mol. The zero-order valence-electron chi connectivity index (χ0n) is 21.6. The number of rotatable bonds is 8. The molecule has 4 N–H and O–H groups in total. The largest absolute Gasteiger partial charge is 0.401 e. The molecule has 37 heavy (non-hydrogen) atoms. The number of hydrogen-bond donors (Lipinski definition) is 3. The van der Waals surface area contributed by atoms with Gasteiger partial charge in [0.2, 0.25) is 5.95 Å². The lowest BCUT2D eigenvalue weighted by atomic mass is 9.87. The summed E-state index contributed by atoms with van der Waals surface area (Å²) >= 11 is 6.52. The molecule has 0 atom stereocenters. The molecule has 1 amide bonds. The first kappa shape index (κ1) is 26.3. The zero-order valence-corrected chi connectivity index (χ0v) is 22.4. The number of nitrogens with zero attached hydrogens (tertiary/aromatic N) is 4. The summed E-state index contributed by atoms with van der Waals surface area (Å²) in [7, 11) is 5.69. The lowest BCUT2D eigenvalue weighted by molar-refractivity contribution is 0.0951. The SMILES string of the molecule is CN=C(C1=C(N)CCc2cnc(Nc3ccc(C(=O)NCCN(C)C)cc3Cl)nc21)c1ccccc1C. The lowest BCUT2D eigenvalue weighted by Gasteiger charge is -2.23. The van der Waals surface area contributed by atoms with Crippen LogP contribution in [-0.2, 0) is 6.42 Å². The van der Waals surface area contributed by atoms with Gasteiger partial charge in [0, 0.05) is 48.7 Å². The number of halogens is 1. The highest BCUT2D eigenvalue weighted by Crippen LogP contribution is 2.33. The van der Waals surface area contributed by atoms with Gasteiger partial charge in [-0.1, -0.05) is 35.9 Å². The molecule has 0 saturated heterocycles. The molecular weight excluding hydrogens is 486 g/mol. The quantitative estimate of drug-likeness (QED) is 0.386. The van der Waals surface area contributed by atoms with Gasteiger partial charge in [0.25, 0.3) is 5.91 Å². The Morgan fingerprint density at radius 1 is 1.19 bits per heavy atom. The van der Waals surface area contributed by atoms with Crippen molar-refractivity contribution in [3.63, 3.8) is 0 Å². The molecule has 4 rings (SSSR count). The average Bonchev–Trinajstić information content (AvgIpc) is 2.87. The van der Waals surface area contributed by atoms with Crippen LogP contribution >= 0.6 is 11.6 Å². The van der Waals surface area contributed by atoms with E-state index >= 15 is 0 Å². The van der Waals surface area contributed by atoms with Gasteiger partial charge in [0.15, 0.2) is 0 Å². The minimum atomic E-state index is -0.173. The van der Waals surface area contributed by atoms with Crippen LogP contribution in [0.1, 0.15) is 39.2 Å². The van der Waals surface area contributed by atoms with E-state index in [0.717, 1.165) is 52.3 Å². The van der Waals surface area contributed by atoms with Gasteiger partial charge in [-0.25, -0.2) is 9.97 Å². The minimum absolute atomic E-state index is 0.173. The molecule has 8 nitrogen and oxygen atoms in total. The number of aromatic nitrogens is 2. The molecule has 0 bridgehead atoms. The van der Waals surface area contributed by atoms with Gasteiger partial charge in [-0.05, 0) is 63.2 Å². The average molecular weight is 518 g/mol. The Balaban J connectivity index is 1.60. The second-order valence-electron chi connectivity index (χ2n) is 9.23. The number of carbonyl (C=O) groups is 1. The standard InChI is InChI=1S/C28H32ClN7O/c1-17-7-5-6-8-20(17)26(31-2)24-22(30)11-9-19-16-33-28(35-25(19)24)34-23-12-10-18(15-21(23)29)27(37)32-13-14-36(3)4/h5-8,10,12,15-16H,9,11,13-14,30H2,1-4H3,(H,32,37)(H,33,34,35). The topological polar surface area (TPSA) is 109 Å². The van der Waals surface area contributed by atoms with E-state index in [1.165, 1.54) is 0 Å². The molecule has 3 aromatic rings. The number of carbonyl (C=O) groups excluding carboxylic acids is 1. The normalized spacial score (nSPS) is 13.5. The lowest BCUT2D eigenvalue weighted by Crippen LogP contribution is -2.31. The van der Waals surface area contributed by atoms with Crippen LogP contribution in [0.15, 0.2) is 59.4 Å². The van der Waals surface area contributed by atoms with Crippen LogP contribution in [0, 0.1) is 6.92 Å². The van der Waals surface area contributed by atoms with Crippen molar-refractivity contribution in [1.29, 1.82) is 0 Å². The highest BCUT2D eigenvalue weighted by atomic mass is 35.5. The number of likely N-dealkylation sites (N-methyl/N-ethyl adjacent to an activating group) is 1. The van der Waals surface area contributed by atoms with Crippen LogP contribution in [0.4, 0.5) is 11.6 Å². The van der Waals surface area contributed by atoms with Crippen LogP contribution in [0.5, 0.6) is 0 Å². The van der Waals surface area contributed by atoms with Gasteiger partial charge in [-0.15, -0.1) is 0 Å². The first-order valence-electron chi connectivity index (χ1n) is 12.2. The number of hydrogen-bond acceptors (Lipinski definition) is 7. The predicted molar refractivity (Wildman–Crippen MR) is 151 cm³/mol. The predicted octanol–water partition coefficient (Wildman–Crippen LogP) is 4.21. The molecule has 2 aromatic carbocycles. The third-order valence-electron chi connectivity index (χ3n) is 6.27. The maximum Gasteiger partial charge on any atom is 0.251 e. The Labute approximate surface area is 222 Å². The van der Waals surface area contributed by atoms with E-state index in [9.17, 15) is 4.79 Å². The number of nitrogens with two attached hydrogens (primary N) is 1. The minimum Gasteiger partial charge on any atom is -0.401 e. The van der Waals surface area contributed by atoms with Crippen molar-refractivity contribution in [2.45, 2.75) is 19.8 Å². The molecule has 9 heteroatoms. The smallest absolute Gasteiger partial charge is 0.251 e. The summed E-state index contributed by atoms with van der Waals surface area (Å²) in [4.78, 5) is 28.4. The Morgan fingerprint density at radius 3 is 2.68 bits per heavy atom. The van der Waals surface area contributed by atoms with Crippen molar-refractivity contribution < 1.29 is 4.79 Å². The van der Waals surface area contributed by atoms with E-state index in [1.54, 1.807) is 25.2 Å². The van der Waals surface area contributed by atoms with Crippen LogP contribution in [0.2, 0.25) is 5.02 Å². The summed E-state index contributed by atoms with van der Waals surface area (Å²) in [5.41, 5.74) is 13.9. The molecule has 1 aliphatic rings. The number of anilines is 2. The number of aliphatic imine (C=N–C) groups is 1.